The van der Waals surface area contributed by atoms with Crippen LogP contribution in [0.2, 0.25) is 0 Å². The molecule has 1 heterocycles. The van der Waals surface area contributed by atoms with Crippen molar-refractivity contribution in [1.29, 1.82) is 0 Å². The Labute approximate surface area is 63.8 Å². The minimum atomic E-state index is 0.756. The fourth-order valence-corrected chi connectivity index (χ4v) is 1.08. The molecule has 56 valence electrons. The highest BCUT2D eigenvalue weighted by Crippen LogP contribution is 2.21. The standard InChI is InChI=1S/C8H8N2O/c1-5-6(9)2-3-7-8(5)10-4-11-7/h2-4H,9H2,1H3. The van der Waals surface area contributed by atoms with Gasteiger partial charge in [-0.1, -0.05) is 0 Å². The Bertz CT molecular complexity index is 392. The van der Waals surface area contributed by atoms with Crippen molar-refractivity contribution in [3.63, 3.8) is 0 Å². The summed E-state index contributed by atoms with van der Waals surface area (Å²) in [5.74, 6) is 0. The Balaban J connectivity index is 2.93. The third-order valence-corrected chi connectivity index (χ3v) is 1.80. The van der Waals surface area contributed by atoms with E-state index in [0.717, 1.165) is 22.4 Å². The number of nitrogen functional groups attached to an aromatic ring is 1. The molecule has 0 saturated heterocycles. The van der Waals surface area contributed by atoms with Gasteiger partial charge in [-0.05, 0) is 19.1 Å². The van der Waals surface area contributed by atoms with Gasteiger partial charge < -0.3 is 10.2 Å². The van der Waals surface area contributed by atoms with Crippen LogP contribution in [0.25, 0.3) is 11.1 Å². The number of fused-ring (bicyclic) bond motifs is 1. The fraction of sp³-hybridized carbons (Fsp3) is 0.125. The van der Waals surface area contributed by atoms with Crippen LogP contribution in [-0.4, -0.2) is 4.98 Å². The molecule has 1 aromatic heterocycles. The van der Waals surface area contributed by atoms with Gasteiger partial charge in [-0.15, -0.1) is 0 Å². The zero-order chi connectivity index (χ0) is 7.84. The molecule has 0 amide bonds. The number of aryl methyl sites for hydroxylation is 1. The monoisotopic (exact) mass is 148 g/mol. The van der Waals surface area contributed by atoms with Crippen LogP contribution in [0.3, 0.4) is 0 Å². The topological polar surface area (TPSA) is 52.0 Å². The largest absolute Gasteiger partial charge is 0.443 e. The molecule has 0 fully saturated rings. The van der Waals surface area contributed by atoms with Crippen molar-refractivity contribution in [2.45, 2.75) is 6.92 Å². The third-order valence-electron chi connectivity index (χ3n) is 1.80. The van der Waals surface area contributed by atoms with Gasteiger partial charge in [-0.25, -0.2) is 4.98 Å². The van der Waals surface area contributed by atoms with E-state index in [1.165, 1.54) is 6.39 Å². The SMILES string of the molecule is Cc1c(N)ccc2ocnc12. The van der Waals surface area contributed by atoms with Gasteiger partial charge in [0.25, 0.3) is 0 Å². The molecule has 0 aliphatic heterocycles. The average Bonchev–Trinajstić information content (AvgIpc) is 2.45. The Morgan fingerprint density at radius 3 is 3.09 bits per heavy atom. The lowest BCUT2D eigenvalue weighted by atomic mass is 10.2. The van der Waals surface area contributed by atoms with Gasteiger partial charge in [0.1, 0.15) is 5.52 Å². The number of oxazole rings is 1. The van der Waals surface area contributed by atoms with Gasteiger partial charge in [0.15, 0.2) is 12.0 Å². The summed E-state index contributed by atoms with van der Waals surface area (Å²) < 4.78 is 5.09. The van der Waals surface area contributed by atoms with E-state index in [2.05, 4.69) is 4.98 Å². The average molecular weight is 148 g/mol. The van der Waals surface area contributed by atoms with E-state index in [4.69, 9.17) is 10.2 Å². The molecule has 3 heteroatoms. The summed E-state index contributed by atoms with van der Waals surface area (Å²) in [5.41, 5.74) is 9.04. The number of nitrogens with zero attached hydrogens (tertiary/aromatic N) is 1. The van der Waals surface area contributed by atoms with E-state index in [9.17, 15) is 0 Å². The Hall–Kier alpha value is -1.51. The maximum absolute atomic E-state index is 5.66. The molecule has 2 rings (SSSR count). The van der Waals surface area contributed by atoms with Crippen molar-refractivity contribution >= 4 is 16.8 Å². The Morgan fingerprint density at radius 1 is 1.45 bits per heavy atom. The van der Waals surface area contributed by atoms with E-state index < -0.39 is 0 Å². The van der Waals surface area contributed by atoms with Gasteiger partial charge >= 0.3 is 0 Å². The van der Waals surface area contributed by atoms with Gasteiger partial charge in [0.05, 0.1) is 0 Å². The molecular weight excluding hydrogens is 140 g/mol. The van der Waals surface area contributed by atoms with Crippen LogP contribution >= 0.6 is 0 Å². The van der Waals surface area contributed by atoms with Gasteiger partial charge in [-0.2, -0.15) is 0 Å². The lowest BCUT2D eigenvalue weighted by Gasteiger charge is -1.96. The smallest absolute Gasteiger partial charge is 0.181 e. The summed E-state index contributed by atoms with van der Waals surface area (Å²) in [6.07, 6.45) is 1.43. The van der Waals surface area contributed by atoms with Crippen molar-refractivity contribution in [3.05, 3.63) is 24.1 Å². The molecule has 0 unspecified atom stereocenters. The van der Waals surface area contributed by atoms with Crippen LogP contribution in [0.15, 0.2) is 22.9 Å². The first-order valence-electron chi connectivity index (χ1n) is 3.37. The van der Waals surface area contributed by atoms with Crippen LogP contribution in [0.1, 0.15) is 5.56 Å². The lowest BCUT2D eigenvalue weighted by Crippen LogP contribution is -1.88. The molecule has 2 N–H and O–H groups in total. The second kappa shape index (κ2) is 1.99. The summed E-state index contributed by atoms with van der Waals surface area (Å²) in [5, 5.41) is 0. The van der Waals surface area contributed by atoms with Crippen molar-refractivity contribution in [1.82, 2.24) is 4.98 Å². The molecule has 0 bridgehead atoms. The van der Waals surface area contributed by atoms with E-state index in [1.807, 2.05) is 19.1 Å². The zero-order valence-corrected chi connectivity index (χ0v) is 6.16. The van der Waals surface area contributed by atoms with Crippen LogP contribution < -0.4 is 5.73 Å². The van der Waals surface area contributed by atoms with E-state index in [-0.39, 0.29) is 0 Å². The van der Waals surface area contributed by atoms with Crippen LogP contribution in [-0.2, 0) is 0 Å². The highest BCUT2D eigenvalue weighted by Gasteiger charge is 2.03. The van der Waals surface area contributed by atoms with Crippen molar-refractivity contribution in [3.8, 4) is 0 Å². The number of benzene rings is 1. The number of nitrogens with two attached hydrogens (primary N) is 1. The van der Waals surface area contributed by atoms with Crippen molar-refractivity contribution in [2.75, 3.05) is 5.73 Å². The number of hydrogen-bond acceptors (Lipinski definition) is 3. The number of aromatic nitrogens is 1. The first kappa shape index (κ1) is 6.22. The van der Waals surface area contributed by atoms with Crippen LogP contribution in [0.4, 0.5) is 5.69 Å². The van der Waals surface area contributed by atoms with E-state index >= 15 is 0 Å². The summed E-state index contributed by atoms with van der Waals surface area (Å²) in [4.78, 5) is 4.03. The summed E-state index contributed by atoms with van der Waals surface area (Å²) in [6.45, 7) is 1.93. The van der Waals surface area contributed by atoms with Crippen molar-refractivity contribution in [2.24, 2.45) is 0 Å². The van der Waals surface area contributed by atoms with Gasteiger partial charge in [-0.3, -0.25) is 0 Å². The molecule has 0 atom stereocenters. The molecule has 0 aliphatic rings. The van der Waals surface area contributed by atoms with Crippen LogP contribution in [0.5, 0.6) is 0 Å². The third kappa shape index (κ3) is 0.774. The van der Waals surface area contributed by atoms with Crippen molar-refractivity contribution < 1.29 is 4.42 Å². The Kier molecular flexibility index (Phi) is 1.12. The highest BCUT2D eigenvalue weighted by atomic mass is 16.3. The predicted molar refractivity (Wildman–Crippen MR) is 43.2 cm³/mol. The predicted octanol–water partition coefficient (Wildman–Crippen LogP) is 1.72. The zero-order valence-electron chi connectivity index (χ0n) is 6.16. The number of rotatable bonds is 0. The fourth-order valence-electron chi connectivity index (χ4n) is 1.08. The normalized spacial score (nSPS) is 10.6. The van der Waals surface area contributed by atoms with Crippen LogP contribution in [0, 0.1) is 6.92 Å². The second-order valence-electron chi connectivity index (χ2n) is 2.48. The quantitative estimate of drug-likeness (QED) is 0.578. The molecule has 0 aliphatic carbocycles. The molecule has 11 heavy (non-hydrogen) atoms. The number of hydrogen-bond donors (Lipinski definition) is 1. The molecule has 3 nitrogen and oxygen atoms in total. The maximum atomic E-state index is 5.66. The Morgan fingerprint density at radius 2 is 2.27 bits per heavy atom. The summed E-state index contributed by atoms with van der Waals surface area (Å²) in [6, 6.07) is 3.65. The molecule has 1 aromatic carbocycles. The first-order chi connectivity index (χ1) is 5.29. The molecule has 0 saturated carbocycles. The number of anilines is 1. The second-order valence-corrected chi connectivity index (χ2v) is 2.48. The lowest BCUT2D eigenvalue weighted by molar-refractivity contribution is 0.602. The van der Waals surface area contributed by atoms with E-state index in [0.29, 0.717) is 0 Å². The maximum Gasteiger partial charge on any atom is 0.181 e. The molecular formula is C8H8N2O. The minimum Gasteiger partial charge on any atom is -0.443 e. The van der Waals surface area contributed by atoms with Gasteiger partial charge in [0.2, 0.25) is 0 Å². The minimum absolute atomic E-state index is 0.756. The molecule has 0 radical (unpaired) electrons. The molecule has 0 spiro atoms. The first-order valence-corrected chi connectivity index (χ1v) is 3.37. The van der Waals surface area contributed by atoms with Gasteiger partial charge in [0, 0.05) is 11.3 Å². The summed E-state index contributed by atoms with van der Waals surface area (Å²) >= 11 is 0. The summed E-state index contributed by atoms with van der Waals surface area (Å²) in [7, 11) is 0. The van der Waals surface area contributed by atoms with E-state index in [1.54, 1.807) is 0 Å². The molecule has 2 aromatic rings. The highest BCUT2D eigenvalue weighted by molar-refractivity contribution is 5.81.